The van der Waals surface area contributed by atoms with Crippen LogP contribution in [0.3, 0.4) is 0 Å². The second-order valence-electron chi connectivity index (χ2n) is 5.95. The van der Waals surface area contributed by atoms with Crippen molar-refractivity contribution in [3.05, 3.63) is 18.2 Å². The van der Waals surface area contributed by atoms with E-state index >= 15 is 0 Å². The Bertz CT molecular complexity index is 431. The smallest absolute Gasteiger partial charge is 0.163 e. The van der Waals surface area contributed by atoms with E-state index in [0.717, 1.165) is 62.9 Å². The van der Waals surface area contributed by atoms with Crippen molar-refractivity contribution in [1.82, 2.24) is 5.32 Å². The molecule has 4 nitrogen and oxygen atoms in total. The first-order valence-corrected chi connectivity index (χ1v) is 8.67. The van der Waals surface area contributed by atoms with E-state index in [-0.39, 0.29) is 0 Å². The molecule has 4 heteroatoms. The van der Waals surface area contributed by atoms with Gasteiger partial charge in [-0.15, -0.1) is 0 Å². The monoisotopic (exact) mass is 306 g/mol. The number of rotatable bonds is 9. The molecule has 2 rings (SSSR count). The van der Waals surface area contributed by atoms with E-state index < -0.39 is 0 Å². The molecule has 1 fully saturated rings. The van der Waals surface area contributed by atoms with E-state index in [4.69, 9.17) is 9.47 Å². The Morgan fingerprint density at radius 1 is 1.14 bits per heavy atom. The average Bonchev–Trinajstić information content (AvgIpc) is 2.58. The second kappa shape index (κ2) is 9.57. The van der Waals surface area contributed by atoms with Crippen molar-refractivity contribution in [3.8, 4) is 11.5 Å². The van der Waals surface area contributed by atoms with Crippen LogP contribution in [-0.4, -0.2) is 32.8 Å². The van der Waals surface area contributed by atoms with Crippen LogP contribution in [0.25, 0.3) is 0 Å². The lowest BCUT2D eigenvalue weighted by Gasteiger charge is -2.23. The van der Waals surface area contributed by atoms with Gasteiger partial charge < -0.3 is 20.1 Å². The normalized spacial score (nSPS) is 18.0. The first-order valence-electron chi connectivity index (χ1n) is 8.67. The van der Waals surface area contributed by atoms with Gasteiger partial charge in [0.2, 0.25) is 0 Å². The van der Waals surface area contributed by atoms with Crippen LogP contribution in [0.1, 0.15) is 39.5 Å². The van der Waals surface area contributed by atoms with Crippen LogP contribution in [0.4, 0.5) is 5.69 Å². The topological polar surface area (TPSA) is 42.5 Å². The number of hydrogen-bond acceptors (Lipinski definition) is 4. The minimum absolute atomic E-state index is 0.713. The average molecular weight is 306 g/mol. The summed E-state index contributed by atoms with van der Waals surface area (Å²) in [5.74, 6) is 2.41. The molecule has 1 aliphatic heterocycles. The summed E-state index contributed by atoms with van der Waals surface area (Å²) in [6.45, 7) is 8.96. The number of piperidine rings is 1. The lowest BCUT2D eigenvalue weighted by atomic mass is 10.00. The number of benzene rings is 1. The fourth-order valence-corrected chi connectivity index (χ4v) is 2.63. The molecule has 1 heterocycles. The zero-order valence-electron chi connectivity index (χ0n) is 14.0. The van der Waals surface area contributed by atoms with E-state index in [9.17, 15) is 0 Å². The van der Waals surface area contributed by atoms with Gasteiger partial charge in [0, 0.05) is 18.3 Å². The molecule has 0 amide bonds. The summed E-state index contributed by atoms with van der Waals surface area (Å²) in [5.41, 5.74) is 1.11. The summed E-state index contributed by atoms with van der Waals surface area (Å²) in [6, 6.07) is 6.17. The van der Waals surface area contributed by atoms with E-state index in [0.29, 0.717) is 5.92 Å². The Morgan fingerprint density at radius 2 is 1.91 bits per heavy atom. The van der Waals surface area contributed by atoms with Gasteiger partial charge >= 0.3 is 0 Å². The van der Waals surface area contributed by atoms with Crippen molar-refractivity contribution in [2.45, 2.75) is 39.5 Å². The van der Waals surface area contributed by atoms with E-state index in [2.05, 4.69) is 36.6 Å². The van der Waals surface area contributed by atoms with Crippen molar-refractivity contribution in [2.24, 2.45) is 5.92 Å². The molecule has 0 spiro atoms. The summed E-state index contributed by atoms with van der Waals surface area (Å²) in [7, 11) is 0. The lowest BCUT2D eigenvalue weighted by Crippen LogP contribution is -2.33. The third-order valence-corrected chi connectivity index (χ3v) is 3.86. The van der Waals surface area contributed by atoms with Crippen molar-refractivity contribution in [1.29, 1.82) is 0 Å². The Hall–Kier alpha value is -1.42. The van der Waals surface area contributed by atoms with Gasteiger partial charge in [-0.3, -0.25) is 0 Å². The molecular weight excluding hydrogens is 276 g/mol. The summed E-state index contributed by atoms with van der Waals surface area (Å²) < 4.78 is 11.6. The molecule has 0 aromatic heterocycles. The first kappa shape index (κ1) is 16.9. The highest BCUT2D eigenvalue weighted by Crippen LogP contribution is 2.31. The SMILES string of the molecule is CCCOc1ccc(NCC2CCCNC2)cc1OCCC. The minimum Gasteiger partial charge on any atom is -0.490 e. The van der Waals surface area contributed by atoms with Gasteiger partial charge in [-0.2, -0.15) is 0 Å². The molecule has 124 valence electrons. The molecule has 22 heavy (non-hydrogen) atoms. The van der Waals surface area contributed by atoms with Crippen LogP contribution < -0.4 is 20.1 Å². The highest BCUT2D eigenvalue weighted by atomic mass is 16.5. The highest BCUT2D eigenvalue weighted by molar-refractivity contribution is 5.54. The fraction of sp³-hybridized carbons (Fsp3) is 0.667. The molecule has 1 saturated heterocycles. The Kier molecular flexibility index (Phi) is 7.37. The molecule has 1 aromatic carbocycles. The number of hydrogen-bond donors (Lipinski definition) is 2. The molecule has 1 aromatic rings. The predicted octanol–water partition coefficient (Wildman–Crippen LogP) is 3.68. The van der Waals surface area contributed by atoms with Crippen molar-refractivity contribution >= 4 is 5.69 Å². The third-order valence-electron chi connectivity index (χ3n) is 3.86. The predicted molar refractivity (Wildman–Crippen MR) is 92.1 cm³/mol. The summed E-state index contributed by atoms with van der Waals surface area (Å²) in [5, 5.41) is 7.00. The molecule has 0 aliphatic carbocycles. The summed E-state index contributed by atoms with van der Waals surface area (Å²) in [4.78, 5) is 0. The maximum Gasteiger partial charge on any atom is 0.163 e. The maximum atomic E-state index is 5.84. The molecule has 1 aliphatic rings. The van der Waals surface area contributed by atoms with Crippen molar-refractivity contribution in [2.75, 3.05) is 38.2 Å². The van der Waals surface area contributed by atoms with E-state index in [1.54, 1.807) is 0 Å². The van der Waals surface area contributed by atoms with Gasteiger partial charge in [0.25, 0.3) is 0 Å². The first-order chi connectivity index (χ1) is 10.8. The van der Waals surface area contributed by atoms with E-state index in [1.165, 1.54) is 12.8 Å². The van der Waals surface area contributed by atoms with Crippen LogP contribution in [-0.2, 0) is 0 Å². The largest absolute Gasteiger partial charge is 0.490 e. The maximum absolute atomic E-state index is 5.84. The van der Waals surface area contributed by atoms with Gasteiger partial charge in [-0.05, 0) is 56.8 Å². The second-order valence-corrected chi connectivity index (χ2v) is 5.95. The number of ether oxygens (including phenoxy) is 2. The van der Waals surface area contributed by atoms with Crippen LogP contribution in [0.15, 0.2) is 18.2 Å². The van der Waals surface area contributed by atoms with Crippen LogP contribution in [0.5, 0.6) is 11.5 Å². The van der Waals surface area contributed by atoms with Crippen LogP contribution in [0.2, 0.25) is 0 Å². The summed E-state index contributed by atoms with van der Waals surface area (Å²) >= 11 is 0. The molecule has 0 radical (unpaired) electrons. The molecule has 0 saturated carbocycles. The van der Waals surface area contributed by atoms with E-state index in [1.807, 2.05) is 6.07 Å². The van der Waals surface area contributed by atoms with Gasteiger partial charge in [-0.25, -0.2) is 0 Å². The van der Waals surface area contributed by atoms with Gasteiger partial charge in [0.15, 0.2) is 11.5 Å². The summed E-state index contributed by atoms with van der Waals surface area (Å²) in [6.07, 6.45) is 4.58. The zero-order valence-corrected chi connectivity index (χ0v) is 14.0. The van der Waals surface area contributed by atoms with Crippen LogP contribution >= 0.6 is 0 Å². The van der Waals surface area contributed by atoms with Crippen molar-refractivity contribution in [3.63, 3.8) is 0 Å². The van der Waals surface area contributed by atoms with Gasteiger partial charge in [0.05, 0.1) is 13.2 Å². The molecular formula is C18H30N2O2. The van der Waals surface area contributed by atoms with Crippen LogP contribution in [0, 0.1) is 5.92 Å². The Morgan fingerprint density at radius 3 is 2.59 bits per heavy atom. The number of nitrogens with one attached hydrogen (secondary N) is 2. The lowest BCUT2D eigenvalue weighted by molar-refractivity contribution is 0.268. The fourth-order valence-electron chi connectivity index (χ4n) is 2.63. The standard InChI is InChI=1S/C18H30N2O2/c1-3-10-21-17-8-7-16(12-18(17)22-11-4-2)20-14-15-6-5-9-19-13-15/h7-8,12,15,19-20H,3-6,9-11,13-14H2,1-2H3. The van der Waals surface area contributed by atoms with Gasteiger partial charge in [0.1, 0.15) is 0 Å². The minimum atomic E-state index is 0.713. The molecule has 0 bridgehead atoms. The van der Waals surface area contributed by atoms with Crippen molar-refractivity contribution < 1.29 is 9.47 Å². The molecule has 2 N–H and O–H groups in total. The Balaban J connectivity index is 1.94. The molecule has 1 atom stereocenters. The third kappa shape index (κ3) is 5.41. The quantitative estimate of drug-likeness (QED) is 0.730. The molecule has 1 unspecified atom stereocenters. The zero-order chi connectivity index (χ0) is 15.6. The Labute approximate surface area is 134 Å². The highest BCUT2D eigenvalue weighted by Gasteiger charge is 2.13. The number of anilines is 1. The van der Waals surface area contributed by atoms with Gasteiger partial charge in [-0.1, -0.05) is 13.8 Å².